The minimum absolute atomic E-state index is 0. The third kappa shape index (κ3) is 6.04. The van der Waals surface area contributed by atoms with Crippen molar-refractivity contribution in [3.05, 3.63) is 34.1 Å². The number of benzene rings is 1. The molecule has 1 atom stereocenters. The average molecular weight is 553 g/mol. The molecule has 0 aromatic heterocycles. The summed E-state index contributed by atoms with van der Waals surface area (Å²) in [5.41, 5.74) is 0.831. The van der Waals surface area contributed by atoms with Crippen LogP contribution >= 0.6 is 39.9 Å². The smallest absolute Gasteiger partial charge is 0.225 e. The highest BCUT2D eigenvalue weighted by Crippen LogP contribution is 2.27. The van der Waals surface area contributed by atoms with E-state index < -0.39 is 0 Å². The predicted octanol–water partition coefficient (Wildman–Crippen LogP) is 3.66. The van der Waals surface area contributed by atoms with Crippen LogP contribution in [0.1, 0.15) is 37.7 Å². The topological polar surface area (TPSA) is 56.7 Å². The molecule has 1 saturated carbocycles. The van der Waals surface area contributed by atoms with E-state index in [1.165, 1.54) is 25.0 Å². The molecule has 2 fully saturated rings. The van der Waals surface area contributed by atoms with Gasteiger partial charge in [0.25, 0.3) is 0 Å². The van der Waals surface area contributed by atoms with Gasteiger partial charge < -0.3 is 15.5 Å². The number of rotatable bonds is 4. The van der Waals surface area contributed by atoms with Crippen molar-refractivity contribution in [1.29, 1.82) is 0 Å². The van der Waals surface area contributed by atoms with Gasteiger partial charge in [0, 0.05) is 43.1 Å². The van der Waals surface area contributed by atoms with Crippen molar-refractivity contribution in [1.82, 2.24) is 15.5 Å². The summed E-state index contributed by atoms with van der Waals surface area (Å²) in [6.07, 6.45) is 5.36. The van der Waals surface area contributed by atoms with Crippen LogP contribution in [0.5, 0.6) is 0 Å². The van der Waals surface area contributed by atoms with Crippen LogP contribution in [0.15, 0.2) is 27.7 Å². The zero-order valence-electron chi connectivity index (χ0n) is 15.5. The van der Waals surface area contributed by atoms with Crippen molar-refractivity contribution < 1.29 is 9.18 Å². The van der Waals surface area contributed by atoms with Crippen molar-refractivity contribution >= 4 is 51.8 Å². The van der Waals surface area contributed by atoms with Crippen molar-refractivity contribution in [2.24, 2.45) is 10.9 Å². The summed E-state index contributed by atoms with van der Waals surface area (Å²) in [4.78, 5) is 18.8. The van der Waals surface area contributed by atoms with Crippen LogP contribution in [0.25, 0.3) is 0 Å². The van der Waals surface area contributed by atoms with E-state index in [0.717, 1.165) is 42.4 Å². The Morgan fingerprint density at radius 3 is 2.78 bits per heavy atom. The van der Waals surface area contributed by atoms with E-state index in [-0.39, 0.29) is 41.8 Å². The molecule has 2 aliphatic rings. The molecule has 150 valence electrons. The lowest BCUT2D eigenvalue weighted by Crippen LogP contribution is -2.45. The second kappa shape index (κ2) is 10.6. The van der Waals surface area contributed by atoms with Crippen LogP contribution in [-0.2, 0) is 11.3 Å². The number of amides is 1. The monoisotopic (exact) mass is 552 g/mol. The third-order valence-corrected chi connectivity index (χ3v) is 6.00. The molecule has 3 rings (SSSR count). The number of guanidine groups is 1. The Labute approximate surface area is 185 Å². The molecule has 8 heteroatoms. The van der Waals surface area contributed by atoms with Gasteiger partial charge in [0.2, 0.25) is 5.91 Å². The summed E-state index contributed by atoms with van der Waals surface area (Å²) in [6.45, 7) is 1.99. The first-order chi connectivity index (χ1) is 12.6. The Kier molecular flexibility index (Phi) is 8.78. The quantitative estimate of drug-likeness (QED) is 0.340. The standard InChI is InChI=1S/C19H26BrFN4O.HI/c1-22-19(23-11-14-10-15(21)6-7-17(14)20)24-16-8-9-25(12-16)18(26)13-4-2-3-5-13;/h6-7,10,13,16H,2-5,8-9,11-12H2,1H3,(H2,22,23,24);1H. The number of nitrogens with zero attached hydrogens (tertiary/aromatic N) is 2. The molecule has 1 amide bonds. The molecule has 1 aliphatic carbocycles. The first kappa shape index (κ1) is 22.4. The van der Waals surface area contributed by atoms with Gasteiger partial charge in [0.05, 0.1) is 0 Å². The average Bonchev–Trinajstić information content (AvgIpc) is 3.32. The Balaban J connectivity index is 0.00000261. The van der Waals surface area contributed by atoms with E-state index >= 15 is 0 Å². The molecule has 1 unspecified atom stereocenters. The van der Waals surface area contributed by atoms with Crippen molar-refractivity contribution in [3.8, 4) is 0 Å². The fourth-order valence-corrected chi connectivity index (χ4v) is 4.14. The summed E-state index contributed by atoms with van der Waals surface area (Å²) >= 11 is 3.44. The lowest BCUT2D eigenvalue weighted by atomic mass is 10.1. The molecule has 5 nitrogen and oxygen atoms in total. The molecular formula is C19H27BrFIN4O. The number of likely N-dealkylation sites (tertiary alicyclic amines) is 1. The van der Waals surface area contributed by atoms with Crippen LogP contribution in [0, 0.1) is 11.7 Å². The van der Waals surface area contributed by atoms with Gasteiger partial charge >= 0.3 is 0 Å². The van der Waals surface area contributed by atoms with Crippen LogP contribution in [0.2, 0.25) is 0 Å². The van der Waals surface area contributed by atoms with Crippen molar-refractivity contribution in [2.45, 2.75) is 44.7 Å². The molecular weight excluding hydrogens is 526 g/mol. The van der Waals surface area contributed by atoms with Crippen LogP contribution in [0.3, 0.4) is 0 Å². The van der Waals surface area contributed by atoms with Gasteiger partial charge in [-0.2, -0.15) is 0 Å². The van der Waals surface area contributed by atoms with Gasteiger partial charge in [-0.05, 0) is 43.0 Å². The highest BCUT2D eigenvalue weighted by molar-refractivity contribution is 14.0. The lowest BCUT2D eigenvalue weighted by molar-refractivity contribution is -0.134. The normalized spacial score (nSPS) is 20.5. The number of halogens is 3. The predicted molar refractivity (Wildman–Crippen MR) is 120 cm³/mol. The first-order valence-electron chi connectivity index (χ1n) is 9.26. The highest BCUT2D eigenvalue weighted by Gasteiger charge is 2.32. The Hall–Kier alpha value is -0.900. The maximum absolute atomic E-state index is 13.4. The van der Waals surface area contributed by atoms with Crippen molar-refractivity contribution in [2.75, 3.05) is 20.1 Å². The zero-order chi connectivity index (χ0) is 18.5. The number of hydrogen-bond donors (Lipinski definition) is 2. The molecule has 0 spiro atoms. The largest absolute Gasteiger partial charge is 0.352 e. The van der Waals surface area contributed by atoms with E-state index in [2.05, 4.69) is 31.6 Å². The van der Waals surface area contributed by atoms with E-state index in [9.17, 15) is 9.18 Å². The van der Waals surface area contributed by atoms with Gasteiger partial charge in [-0.25, -0.2) is 4.39 Å². The van der Waals surface area contributed by atoms with E-state index in [1.807, 2.05) is 4.90 Å². The van der Waals surface area contributed by atoms with Gasteiger partial charge in [-0.1, -0.05) is 28.8 Å². The summed E-state index contributed by atoms with van der Waals surface area (Å²) < 4.78 is 14.3. The van der Waals surface area contributed by atoms with E-state index in [1.54, 1.807) is 13.1 Å². The second-order valence-electron chi connectivity index (χ2n) is 7.06. The Bertz CT molecular complexity index is 682. The maximum atomic E-state index is 13.4. The fraction of sp³-hybridized carbons (Fsp3) is 0.579. The van der Waals surface area contributed by atoms with Crippen LogP contribution < -0.4 is 10.6 Å². The molecule has 2 N–H and O–H groups in total. The number of carbonyl (C=O) groups excluding carboxylic acids is 1. The minimum Gasteiger partial charge on any atom is -0.352 e. The highest BCUT2D eigenvalue weighted by atomic mass is 127. The summed E-state index contributed by atoms with van der Waals surface area (Å²) in [6, 6.07) is 4.82. The molecule has 1 aromatic rings. The minimum atomic E-state index is -0.259. The molecule has 1 aromatic carbocycles. The molecule has 0 radical (unpaired) electrons. The van der Waals surface area contributed by atoms with Gasteiger partial charge in [-0.3, -0.25) is 9.79 Å². The molecule has 1 heterocycles. The van der Waals surface area contributed by atoms with E-state index in [0.29, 0.717) is 18.4 Å². The Morgan fingerprint density at radius 1 is 1.33 bits per heavy atom. The molecule has 1 saturated heterocycles. The SMILES string of the molecule is CN=C(NCc1cc(F)ccc1Br)NC1CCN(C(=O)C2CCCC2)C1.I. The fourth-order valence-electron chi connectivity index (χ4n) is 3.75. The second-order valence-corrected chi connectivity index (χ2v) is 7.91. The van der Waals surface area contributed by atoms with Crippen LogP contribution in [0.4, 0.5) is 4.39 Å². The lowest BCUT2D eigenvalue weighted by Gasteiger charge is -2.21. The van der Waals surface area contributed by atoms with Gasteiger partial charge in [0.1, 0.15) is 5.82 Å². The summed E-state index contributed by atoms with van der Waals surface area (Å²) in [5.74, 6) is 0.959. The Morgan fingerprint density at radius 2 is 2.07 bits per heavy atom. The molecule has 1 aliphatic heterocycles. The van der Waals surface area contributed by atoms with E-state index in [4.69, 9.17) is 0 Å². The molecule has 27 heavy (non-hydrogen) atoms. The van der Waals surface area contributed by atoms with Gasteiger partial charge in [0.15, 0.2) is 5.96 Å². The maximum Gasteiger partial charge on any atom is 0.225 e. The summed E-state index contributed by atoms with van der Waals surface area (Å²) in [5, 5.41) is 6.60. The molecule has 0 bridgehead atoms. The zero-order valence-corrected chi connectivity index (χ0v) is 19.4. The number of aliphatic imine (C=N–C) groups is 1. The first-order valence-corrected chi connectivity index (χ1v) is 10.1. The third-order valence-electron chi connectivity index (χ3n) is 5.22. The number of nitrogens with one attached hydrogen (secondary N) is 2. The number of carbonyl (C=O) groups is 1. The number of hydrogen-bond acceptors (Lipinski definition) is 2. The van der Waals surface area contributed by atoms with Gasteiger partial charge in [-0.15, -0.1) is 24.0 Å². The van der Waals surface area contributed by atoms with Crippen molar-refractivity contribution in [3.63, 3.8) is 0 Å². The summed E-state index contributed by atoms with van der Waals surface area (Å²) in [7, 11) is 1.71. The van der Waals surface area contributed by atoms with Crippen LogP contribution in [-0.4, -0.2) is 42.9 Å².